The minimum Gasteiger partial charge on any atom is -0.387 e. The average molecular weight is 246 g/mol. The van der Waals surface area contributed by atoms with Crippen LogP contribution in [0.4, 0.5) is 0 Å². The second-order valence-corrected chi connectivity index (χ2v) is 5.59. The van der Waals surface area contributed by atoms with Gasteiger partial charge in [0.2, 0.25) is 5.91 Å². The molecule has 1 amide bonds. The number of β-amino-alcohol motifs (C(OH)–C–C–N with tert-alkyl or cyclic N) is 1. The summed E-state index contributed by atoms with van der Waals surface area (Å²) in [6.07, 6.45) is 2.34. The highest BCUT2D eigenvalue weighted by molar-refractivity contribution is 5.92. The molecule has 2 aliphatic rings. The molecule has 4 heteroatoms. The van der Waals surface area contributed by atoms with Gasteiger partial charge in [-0.15, -0.1) is 0 Å². The van der Waals surface area contributed by atoms with E-state index >= 15 is 0 Å². The molecule has 1 aliphatic carbocycles. The van der Waals surface area contributed by atoms with E-state index in [0.717, 1.165) is 25.2 Å². The highest BCUT2D eigenvalue weighted by Crippen LogP contribution is 2.44. The summed E-state index contributed by atoms with van der Waals surface area (Å²) in [4.78, 5) is 13.3. The third-order valence-corrected chi connectivity index (χ3v) is 3.95. The normalized spacial score (nSPS) is 22.5. The van der Waals surface area contributed by atoms with Crippen molar-refractivity contribution in [1.29, 1.82) is 0 Å². The van der Waals surface area contributed by atoms with Crippen LogP contribution in [0.5, 0.6) is 0 Å². The molecule has 0 bridgehead atoms. The van der Waals surface area contributed by atoms with Gasteiger partial charge < -0.3 is 10.8 Å². The van der Waals surface area contributed by atoms with Crippen LogP contribution in [0.3, 0.4) is 0 Å². The number of likely N-dealkylation sites (tertiary alicyclic amines) is 1. The fraction of sp³-hybridized carbons (Fsp3) is 0.500. The number of hydrogen-bond donors (Lipinski definition) is 2. The lowest BCUT2D eigenvalue weighted by Gasteiger charge is -2.47. The smallest absolute Gasteiger partial charge is 0.248 e. The zero-order valence-electron chi connectivity index (χ0n) is 10.3. The minimum absolute atomic E-state index is 0.394. The molecule has 0 atom stereocenters. The van der Waals surface area contributed by atoms with Crippen molar-refractivity contribution in [2.24, 2.45) is 11.7 Å². The van der Waals surface area contributed by atoms with Crippen LogP contribution in [0.2, 0.25) is 0 Å². The van der Waals surface area contributed by atoms with Crippen LogP contribution in [0.15, 0.2) is 24.3 Å². The second-order valence-electron chi connectivity index (χ2n) is 5.59. The number of benzene rings is 1. The van der Waals surface area contributed by atoms with Crippen molar-refractivity contribution in [1.82, 2.24) is 4.90 Å². The summed E-state index contributed by atoms with van der Waals surface area (Å²) < 4.78 is 0. The quantitative estimate of drug-likeness (QED) is 0.823. The molecule has 1 aromatic carbocycles. The van der Waals surface area contributed by atoms with Gasteiger partial charge in [0.25, 0.3) is 0 Å². The molecule has 0 unspecified atom stereocenters. The van der Waals surface area contributed by atoms with Gasteiger partial charge in [-0.1, -0.05) is 12.1 Å². The summed E-state index contributed by atoms with van der Waals surface area (Å²) in [5, 5.41) is 10.2. The summed E-state index contributed by atoms with van der Waals surface area (Å²) in [7, 11) is 0. The molecule has 3 N–H and O–H groups in total. The van der Waals surface area contributed by atoms with Crippen molar-refractivity contribution in [2.75, 3.05) is 13.1 Å². The van der Waals surface area contributed by atoms with Gasteiger partial charge in [-0.05, 0) is 36.5 Å². The third-order valence-electron chi connectivity index (χ3n) is 3.95. The molecule has 1 saturated carbocycles. The highest BCUT2D eigenvalue weighted by Gasteiger charge is 2.51. The molecule has 0 spiro atoms. The monoisotopic (exact) mass is 246 g/mol. The van der Waals surface area contributed by atoms with Crippen molar-refractivity contribution in [3.8, 4) is 0 Å². The standard InChI is InChI=1S/C14H18N2O2/c15-13(17)11-3-1-2-10(6-11)7-16-8-14(18,9-16)12-4-5-12/h1-3,6,12,18H,4-5,7-9H2,(H2,15,17). The van der Waals surface area contributed by atoms with Crippen LogP contribution in [-0.4, -0.2) is 34.6 Å². The Morgan fingerprint density at radius 1 is 1.44 bits per heavy atom. The lowest BCUT2D eigenvalue weighted by atomic mass is 9.88. The van der Waals surface area contributed by atoms with E-state index in [0.29, 0.717) is 11.5 Å². The van der Waals surface area contributed by atoms with Crippen molar-refractivity contribution in [3.05, 3.63) is 35.4 Å². The minimum atomic E-state index is -0.443. The molecule has 1 aliphatic heterocycles. The van der Waals surface area contributed by atoms with Gasteiger partial charge in [-0.25, -0.2) is 0 Å². The van der Waals surface area contributed by atoms with Crippen LogP contribution in [0.1, 0.15) is 28.8 Å². The molecule has 4 nitrogen and oxygen atoms in total. The molecule has 18 heavy (non-hydrogen) atoms. The maximum Gasteiger partial charge on any atom is 0.248 e. The van der Waals surface area contributed by atoms with E-state index in [4.69, 9.17) is 5.73 Å². The number of nitrogens with two attached hydrogens (primary N) is 1. The SMILES string of the molecule is NC(=O)c1cccc(CN2CC(O)(C3CC3)C2)c1. The van der Waals surface area contributed by atoms with E-state index in [1.54, 1.807) is 6.07 Å². The van der Waals surface area contributed by atoms with Crippen LogP contribution >= 0.6 is 0 Å². The van der Waals surface area contributed by atoms with Gasteiger partial charge in [0.05, 0.1) is 5.60 Å². The second kappa shape index (κ2) is 4.07. The van der Waals surface area contributed by atoms with E-state index in [2.05, 4.69) is 4.90 Å². The van der Waals surface area contributed by atoms with Gasteiger partial charge in [0.1, 0.15) is 0 Å². The average Bonchev–Trinajstić information content (AvgIpc) is 3.11. The number of primary amides is 1. The maximum absolute atomic E-state index is 11.1. The van der Waals surface area contributed by atoms with Gasteiger partial charge in [-0.3, -0.25) is 9.69 Å². The predicted molar refractivity (Wildman–Crippen MR) is 67.9 cm³/mol. The molecular formula is C14H18N2O2. The molecule has 2 fully saturated rings. The fourth-order valence-electron chi connectivity index (χ4n) is 2.80. The van der Waals surface area contributed by atoms with E-state index in [1.165, 1.54) is 12.8 Å². The third kappa shape index (κ3) is 2.13. The summed E-state index contributed by atoms with van der Waals surface area (Å²) in [6.45, 7) is 2.27. The van der Waals surface area contributed by atoms with E-state index < -0.39 is 11.5 Å². The van der Waals surface area contributed by atoms with Gasteiger partial charge in [-0.2, -0.15) is 0 Å². The first-order chi connectivity index (χ1) is 8.57. The first-order valence-corrected chi connectivity index (χ1v) is 6.40. The van der Waals surface area contributed by atoms with Crippen molar-refractivity contribution < 1.29 is 9.90 Å². The highest BCUT2D eigenvalue weighted by atomic mass is 16.3. The lowest BCUT2D eigenvalue weighted by molar-refractivity contribution is -0.116. The Morgan fingerprint density at radius 3 is 2.78 bits per heavy atom. The first kappa shape index (κ1) is 11.7. The molecule has 0 aromatic heterocycles. The first-order valence-electron chi connectivity index (χ1n) is 6.40. The fourth-order valence-corrected chi connectivity index (χ4v) is 2.80. The van der Waals surface area contributed by atoms with E-state index in [1.807, 2.05) is 18.2 Å². The molecule has 0 radical (unpaired) electrons. The molecule has 1 heterocycles. The summed E-state index contributed by atoms with van der Waals surface area (Å²) in [6, 6.07) is 7.39. The Bertz CT molecular complexity index is 476. The Balaban J connectivity index is 1.61. The van der Waals surface area contributed by atoms with Crippen LogP contribution in [-0.2, 0) is 6.54 Å². The Hall–Kier alpha value is -1.39. The Labute approximate surface area is 106 Å². The zero-order chi connectivity index (χ0) is 12.8. The van der Waals surface area contributed by atoms with Crippen LogP contribution in [0, 0.1) is 5.92 Å². The number of hydrogen-bond acceptors (Lipinski definition) is 3. The number of carbonyl (C=O) groups excluding carboxylic acids is 1. The van der Waals surface area contributed by atoms with Gasteiger partial charge in [0.15, 0.2) is 0 Å². The number of amides is 1. The Morgan fingerprint density at radius 2 is 2.17 bits per heavy atom. The van der Waals surface area contributed by atoms with Crippen LogP contribution < -0.4 is 5.73 Å². The Kier molecular flexibility index (Phi) is 2.64. The van der Waals surface area contributed by atoms with Crippen molar-refractivity contribution in [3.63, 3.8) is 0 Å². The topological polar surface area (TPSA) is 66.6 Å². The molecule has 3 rings (SSSR count). The number of nitrogens with zero attached hydrogens (tertiary/aromatic N) is 1. The van der Waals surface area contributed by atoms with E-state index in [9.17, 15) is 9.90 Å². The van der Waals surface area contributed by atoms with Gasteiger partial charge >= 0.3 is 0 Å². The van der Waals surface area contributed by atoms with Crippen molar-refractivity contribution >= 4 is 5.91 Å². The predicted octanol–water partition coefficient (Wildman–Crippen LogP) is 0.742. The summed E-state index contributed by atoms with van der Waals surface area (Å²) >= 11 is 0. The molecule has 1 saturated heterocycles. The van der Waals surface area contributed by atoms with Crippen molar-refractivity contribution in [2.45, 2.75) is 25.0 Å². The number of aliphatic hydroxyl groups is 1. The maximum atomic E-state index is 11.1. The van der Waals surface area contributed by atoms with E-state index in [-0.39, 0.29) is 0 Å². The molecular weight excluding hydrogens is 228 g/mol. The molecule has 1 aromatic rings. The molecule has 96 valence electrons. The summed E-state index contributed by atoms with van der Waals surface area (Å²) in [5.74, 6) is 0.126. The number of rotatable bonds is 4. The zero-order valence-corrected chi connectivity index (χ0v) is 10.3. The summed E-state index contributed by atoms with van der Waals surface area (Å²) in [5.41, 5.74) is 6.44. The lowest BCUT2D eigenvalue weighted by Crippen LogP contribution is -2.62. The van der Waals surface area contributed by atoms with Gasteiger partial charge in [0, 0.05) is 25.2 Å². The van der Waals surface area contributed by atoms with Crippen LogP contribution in [0.25, 0.3) is 0 Å². The largest absolute Gasteiger partial charge is 0.387 e. The number of carbonyl (C=O) groups is 1.